The Hall–Kier alpha value is -2.22. The molecule has 1 aromatic carbocycles. The predicted molar refractivity (Wildman–Crippen MR) is 93.2 cm³/mol. The van der Waals surface area contributed by atoms with E-state index in [1.165, 1.54) is 0 Å². The summed E-state index contributed by atoms with van der Waals surface area (Å²) >= 11 is 0.968. The SMILES string of the molecule is CCOCC(OCC(=O)Sc1ccccn1)OC(=O)c1ccccc1. The molecule has 0 aliphatic rings. The van der Waals surface area contributed by atoms with E-state index in [1.807, 2.05) is 6.92 Å². The molecule has 0 bridgehead atoms. The van der Waals surface area contributed by atoms with E-state index in [1.54, 1.807) is 54.7 Å². The van der Waals surface area contributed by atoms with Crippen molar-refractivity contribution in [1.82, 2.24) is 4.98 Å². The van der Waals surface area contributed by atoms with Crippen LogP contribution in [0.4, 0.5) is 0 Å². The molecule has 0 spiro atoms. The molecule has 0 fully saturated rings. The van der Waals surface area contributed by atoms with Crippen LogP contribution >= 0.6 is 11.8 Å². The molecule has 0 saturated carbocycles. The van der Waals surface area contributed by atoms with Gasteiger partial charge in [-0.05, 0) is 43.0 Å². The molecular weight excluding hydrogens is 342 g/mol. The van der Waals surface area contributed by atoms with Crippen molar-refractivity contribution in [3.05, 3.63) is 60.3 Å². The number of hydrogen-bond donors (Lipinski definition) is 0. The second kappa shape index (κ2) is 10.6. The van der Waals surface area contributed by atoms with Gasteiger partial charge in [-0.25, -0.2) is 9.78 Å². The van der Waals surface area contributed by atoms with Gasteiger partial charge in [0.05, 0.1) is 5.56 Å². The summed E-state index contributed by atoms with van der Waals surface area (Å²) in [6.45, 7) is 2.09. The molecule has 0 saturated heterocycles. The second-order valence-corrected chi connectivity index (χ2v) is 5.89. The minimum Gasteiger partial charge on any atom is -0.430 e. The van der Waals surface area contributed by atoms with E-state index < -0.39 is 12.3 Å². The topological polar surface area (TPSA) is 74.7 Å². The number of esters is 1. The van der Waals surface area contributed by atoms with Crippen molar-refractivity contribution in [2.75, 3.05) is 19.8 Å². The maximum atomic E-state index is 12.1. The summed E-state index contributed by atoms with van der Waals surface area (Å²) in [5.41, 5.74) is 0.404. The van der Waals surface area contributed by atoms with E-state index in [4.69, 9.17) is 14.2 Å². The van der Waals surface area contributed by atoms with Gasteiger partial charge in [-0.2, -0.15) is 0 Å². The molecule has 1 aromatic heterocycles. The molecule has 1 atom stereocenters. The van der Waals surface area contributed by atoms with E-state index >= 15 is 0 Å². The molecule has 132 valence electrons. The normalized spacial score (nSPS) is 11.7. The summed E-state index contributed by atoms with van der Waals surface area (Å²) in [6, 6.07) is 13.9. The van der Waals surface area contributed by atoms with Crippen LogP contribution in [0.2, 0.25) is 0 Å². The molecule has 25 heavy (non-hydrogen) atoms. The van der Waals surface area contributed by atoms with Crippen LogP contribution in [0.5, 0.6) is 0 Å². The molecule has 0 radical (unpaired) electrons. The fourth-order valence-corrected chi connectivity index (χ4v) is 2.43. The number of carbonyl (C=O) groups is 2. The van der Waals surface area contributed by atoms with Crippen molar-refractivity contribution in [3.63, 3.8) is 0 Å². The summed E-state index contributed by atoms with van der Waals surface area (Å²) < 4.78 is 15.9. The molecule has 0 aliphatic heterocycles. The van der Waals surface area contributed by atoms with Crippen LogP contribution in [-0.4, -0.2) is 42.2 Å². The van der Waals surface area contributed by atoms with Crippen molar-refractivity contribution >= 4 is 22.8 Å². The number of thioether (sulfide) groups is 1. The van der Waals surface area contributed by atoms with Gasteiger partial charge in [0.2, 0.25) is 11.4 Å². The zero-order valence-corrected chi connectivity index (χ0v) is 14.6. The fourth-order valence-electron chi connectivity index (χ4n) is 1.81. The summed E-state index contributed by atoms with van der Waals surface area (Å²) in [7, 11) is 0. The smallest absolute Gasteiger partial charge is 0.340 e. The van der Waals surface area contributed by atoms with Gasteiger partial charge in [-0.15, -0.1) is 0 Å². The number of carbonyl (C=O) groups excluding carboxylic acids is 2. The Morgan fingerprint density at radius 2 is 1.88 bits per heavy atom. The highest BCUT2D eigenvalue weighted by molar-refractivity contribution is 8.13. The Labute approximate surface area is 150 Å². The zero-order valence-electron chi connectivity index (χ0n) is 13.8. The largest absolute Gasteiger partial charge is 0.430 e. The van der Waals surface area contributed by atoms with Crippen LogP contribution in [0.3, 0.4) is 0 Å². The number of ether oxygens (including phenoxy) is 3. The number of aromatic nitrogens is 1. The first-order valence-electron chi connectivity index (χ1n) is 7.76. The number of pyridine rings is 1. The van der Waals surface area contributed by atoms with Crippen molar-refractivity contribution in [2.24, 2.45) is 0 Å². The van der Waals surface area contributed by atoms with Crippen molar-refractivity contribution < 1.29 is 23.8 Å². The predicted octanol–water partition coefficient (Wildman–Crippen LogP) is 2.94. The van der Waals surface area contributed by atoms with Gasteiger partial charge in [0.1, 0.15) is 18.2 Å². The molecule has 2 rings (SSSR count). The lowest BCUT2D eigenvalue weighted by Gasteiger charge is -2.17. The van der Waals surface area contributed by atoms with Crippen LogP contribution in [0.15, 0.2) is 59.8 Å². The Morgan fingerprint density at radius 1 is 1.12 bits per heavy atom. The first-order valence-corrected chi connectivity index (χ1v) is 8.57. The Morgan fingerprint density at radius 3 is 2.56 bits per heavy atom. The lowest BCUT2D eigenvalue weighted by atomic mass is 10.2. The van der Waals surface area contributed by atoms with Crippen molar-refractivity contribution in [1.29, 1.82) is 0 Å². The highest BCUT2D eigenvalue weighted by Crippen LogP contribution is 2.15. The van der Waals surface area contributed by atoms with Crippen LogP contribution in [0.1, 0.15) is 17.3 Å². The molecule has 1 heterocycles. The first-order chi connectivity index (χ1) is 12.2. The maximum Gasteiger partial charge on any atom is 0.340 e. The molecular formula is C18H19NO5S. The van der Waals surface area contributed by atoms with Crippen molar-refractivity contribution in [3.8, 4) is 0 Å². The minimum atomic E-state index is -0.957. The molecule has 2 aromatic rings. The van der Waals surface area contributed by atoms with Gasteiger partial charge < -0.3 is 14.2 Å². The van der Waals surface area contributed by atoms with E-state index in [2.05, 4.69) is 4.98 Å². The number of rotatable bonds is 9. The van der Waals surface area contributed by atoms with Crippen LogP contribution in [0.25, 0.3) is 0 Å². The lowest BCUT2D eigenvalue weighted by molar-refractivity contribution is -0.150. The Balaban J connectivity index is 1.86. The molecule has 1 unspecified atom stereocenters. The number of hydrogen-bond acceptors (Lipinski definition) is 7. The average Bonchev–Trinajstić information content (AvgIpc) is 2.65. The molecule has 7 heteroatoms. The quantitative estimate of drug-likeness (QED) is 0.386. The monoisotopic (exact) mass is 361 g/mol. The summed E-state index contributed by atoms with van der Waals surface area (Å²) in [6.07, 6.45) is 0.650. The third-order valence-corrected chi connectivity index (χ3v) is 3.75. The third kappa shape index (κ3) is 7.04. The summed E-state index contributed by atoms with van der Waals surface area (Å²) in [5.74, 6) is -0.532. The van der Waals surface area contributed by atoms with Crippen LogP contribution in [0, 0.1) is 0 Å². The van der Waals surface area contributed by atoms with Crippen LogP contribution in [-0.2, 0) is 19.0 Å². The first kappa shape index (κ1) is 19.1. The van der Waals surface area contributed by atoms with Crippen molar-refractivity contribution in [2.45, 2.75) is 18.2 Å². The fraction of sp³-hybridized carbons (Fsp3) is 0.278. The van der Waals surface area contributed by atoms with Gasteiger partial charge in [-0.1, -0.05) is 24.3 Å². The summed E-state index contributed by atoms with van der Waals surface area (Å²) in [5, 5.41) is 0.342. The molecule has 0 N–H and O–H groups in total. The highest BCUT2D eigenvalue weighted by Gasteiger charge is 2.18. The standard InChI is InChI=1S/C18H19NO5S/c1-2-22-13-17(24-18(21)14-8-4-3-5-9-14)23-12-16(20)25-15-10-6-7-11-19-15/h3-11,17H,2,12-13H2,1H3. The van der Waals surface area contributed by atoms with Gasteiger partial charge in [0.25, 0.3) is 0 Å². The highest BCUT2D eigenvalue weighted by atomic mass is 32.2. The zero-order chi connectivity index (χ0) is 17.9. The molecule has 0 amide bonds. The van der Waals surface area contributed by atoms with Crippen LogP contribution < -0.4 is 0 Å². The molecule has 6 nitrogen and oxygen atoms in total. The minimum absolute atomic E-state index is 0.0522. The second-order valence-electron chi connectivity index (χ2n) is 4.81. The van der Waals surface area contributed by atoms with Gasteiger partial charge >= 0.3 is 5.97 Å². The van der Waals surface area contributed by atoms with Gasteiger partial charge in [-0.3, -0.25) is 4.79 Å². The lowest BCUT2D eigenvalue weighted by Crippen LogP contribution is -2.28. The summed E-state index contributed by atoms with van der Waals surface area (Å²) in [4.78, 5) is 28.1. The Kier molecular flexibility index (Phi) is 8.11. The molecule has 0 aliphatic carbocycles. The maximum absolute atomic E-state index is 12.1. The van der Waals surface area contributed by atoms with Gasteiger partial charge in [0.15, 0.2) is 0 Å². The van der Waals surface area contributed by atoms with E-state index in [-0.39, 0.29) is 18.3 Å². The Bertz CT molecular complexity index is 666. The average molecular weight is 361 g/mol. The van der Waals surface area contributed by atoms with E-state index in [0.717, 1.165) is 11.8 Å². The number of benzene rings is 1. The number of nitrogens with zero attached hydrogens (tertiary/aromatic N) is 1. The third-order valence-electron chi connectivity index (χ3n) is 2.95. The van der Waals surface area contributed by atoms with E-state index in [9.17, 15) is 9.59 Å². The van der Waals surface area contributed by atoms with Gasteiger partial charge in [0, 0.05) is 12.8 Å². The van der Waals surface area contributed by atoms with E-state index in [0.29, 0.717) is 17.2 Å².